The van der Waals surface area contributed by atoms with Gasteiger partial charge in [0, 0.05) is 52.5 Å². The fourth-order valence-corrected chi connectivity index (χ4v) is 7.31. The number of rotatable bonds is 5. The molecule has 10 heteroatoms. The Hall–Kier alpha value is -2.27. The molecule has 8 nitrogen and oxygen atoms in total. The van der Waals surface area contributed by atoms with Gasteiger partial charge in [0.05, 0.1) is 16.3 Å². The summed E-state index contributed by atoms with van der Waals surface area (Å²) in [5.41, 5.74) is 1.45. The average Bonchev–Trinajstić information content (AvgIpc) is 3.57. The normalized spacial score (nSPS) is 19.4. The number of para-hydroxylation sites is 1. The summed E-state index contributed by atoms with van der Waals surface area (Å²) in [6, 6.07) is 9.89. The number of sulfonamides is 1. The minimum Gasteiger partial charge on any atom is -0.345 e. The highest BCUT2D eigenvalue weighted by Crippen LogP contribution is 2.30. The lowest BCUT2D eigenvalue weighted by molar-refractivity contribution is 0.0573. The van der Waals surface area contributed by atoms with Crippen LogP contribution in [-0.4, -0.2) is 77.2 Å². The summed E-state index contributed by atoms with van der Waals surface area (Å²) in [6.45, 7) is 5.99. The SMILES string of the molecule is C[C@H](c1nc2ccccc2s1)N1CCN(C(=O)c2cc(S(=O)(=O)N3CCCC3)cn2C)CC1. The fourth-order valence-electron chi connectivity index (χ4n) is 4.66. The molecule has 2 saturated heterocycles. The van der Waals surface area contributed by atoms with Gasteiger partial charge in [-0.25, -0.2) is 13.4 Å². The molecule has 2 fully saturated rings. The minimum absolute atomic E-state index is 0.118. The molecule has 3 aromatic rings. The number of carbonyl (C=O) groups is 1. The molecule has 176 valence electrons. The molecule has 0 N–H and O–H groups in total. The van der Waals surface area contributed by atoms with Crippen LogP contribution in [0.15, 0.2) is 41.4 Å². The fraction of sp³-hybridized carbons (Fsp3) is 0.478. The van der Waals surface area contributed by atoms with E-state index in [2.05, 4.69) is 17.9 Å². The molecule has 0 spiro atoms. The number of nitrogens with zero attached hydrogens (tertiary/aromatic N) is 5. The second-order valence-electron chi connectivity index (χ2n) is 8.81. The van der Waals surface area contributed by atoms with E-state index >= 15 is 0 Å². The third-order valence-electron chi connectivity index (χ3n) is 6.72. The van der Waals surface area contributed by atoms with Crippen LogP contribution in [-0.2, 0) is 17.1 Å². The maximum Gasteiger partial charge on any atom is 0.270 e. The van der Waals surface area contributed by atoms with Crippen LogP contribution in [0.4, 0.5) is 0 Å². The van der Waals surface area contributed by atoms with Crippen molar-refractivity contribution < 1.29 is 13.2 Å². The molecule has 1 aromatic carbocycles. The lowest BCUT2D eigenvalue weighted by Crippen LogP contribution is -2.49. The zero-order chi connectivity index (χ0) is 23.2. The Morgan fingerprint density at radius 2 is 1.76 bits per heavy atom. The van der Waals surface area contributed by atoms with Gasteiger partial charge in [-0.1, -0.05) is 12.1 Å². The number of aryl methyl sites for hydroxylation is 1. The molecule has 4 heterocycles. The highest BCUT2D eigenvalue weighted by Gasteiger charge is 2.32. The predicted molar refractivity (Wildman–Crippen MR) is 129 cm³/mol. The maximum atomic E-state index is 13.2. The third-order valence-corrected chi connectivity index (χ3v) is 9.79. The van der Waals surface area contributed by atoms with Crippen molar-refractivity contribution in [1.82, 2.24) is 23.7 Å². The molecule has 0 bridgehead atoms. The molecule has 2 aromatic heterocycles. The number of fused-ring (bicyclic) bond motifs is 1. The molecule has 0 aliphatic carbocycles. The Kier molecular flexibility index (Phi) is 6.02. The number of hydrogen-bond donors (Lipinski definition) is 0. The van der Waals surface area contributed by atoms with E-state index in [1.165, 1.54) is 15.1 Å². The first-order valence-electron chi connectivity index (χ1n) is 11.4. The van der Waals surface area contributed by atoms with E-state index in [1.807, 2.05) is 23.1 Å². The van der Waals surface area contributed by atoms with Gasteiger partial charge in [-0.3, -0.25) is 9.69 Å². The highest BCUT2D eigenvalue weighted by molar-refractivity contribution is 7.89. The van der Waals surface area contributed by atoms with Crippen molar-refractivity contribution >= 4 is 37.5 Å². The van der Waals surface area contributed by atoms with Gasteiger partial charge in [0.2, 0.25) is 10.0 Å². The van der Waals surface area contributed by atoms with Crippen LogP contribution in [0.25, 0.3) is 10.2 Å². The topological polar surface area (TPSA) is 78.8 Å². The predicted octanol–water partition coefficient (Wildman–Crippen LogP) is 2.94. The minimum atomic E-state index is -3.54. The molecule has 5 rings (SSSR count). The number of piperazine rings is 1. The number of benzene rings is 1. The van der Waals surface area contributed by atoms with Crippen molar-refractivity contribution in [3.63, 3.8) is 0 Å². The molecular weight excluding hydrogens is 458 g/mol. The molecule has 0 saturated carbocycles. The number of amides is 1. The highest BCUT2D eigenvalue weighted by atomic mass is 32.2. The summed E-state index contributed by atoms with van der Waals surface area (Å²) in [7, 11) is -1.80. The van der Waals surface area contributed by atoms with Crippen molar-refractivity contribution in [2.45, 2.75) is 30.7 Å². The zero-order valence-corrected chi connectivity index (χ0v) is 20.6. The smallest absolute Gasteiger partial charge is 0.270 e. The average molecular weight is 488 g/mol. The molecule has 1 atom stereocenters. The zero-order valence-electron chi connectivity index (χ0n) is 19.0. The van der Waals surface area contributed by atoms with Crippen LogP contribution in [0.2, 0.25) is 0 Å². The summed E-state index contributed by atoms with van der Waals surface area (Å²) < 4.78 is 30.1. The second-order valence-corrected chi connectivity index (χ2v) is 11.8. The Labute approximate surface area is 198 Å². The molecule has 0 unspecified atom stereocenters. The quantitative estimate of drug-likeness (QED) is 0.553. The summed E-state index contributed by atoms with van der Waals surface area (Å²) in [5, 5.41) is 1.09. The van der Waals surface area contributed by atoms with Crippen molar-refractivity contribution in [1.29, 1.82) is 0 Å². The van der Waals surface area contributed by atoms with E-state index in [0.717, 1.165) is 36.5 Å². The molecule has 0 radical (unpaired) electrons. The Balaban J connectivity index is 1.25. The van der Waals surface area contributed by atoms with Crippen molar-refractivity contribution in [3.05, 3.63) is 47.2 Å². The van der Waals surface area contributed by atoms with Crippen molar-refractivity contribution in [2.24, 2.45) is 7.05 Å². The lowest BCUT2D eigenvalue weighted by Gasteiger charge is -2.37. The van der Waals surface area contributed by atoms with Crippen LogP contribution in [0.3, 0.4) is 0 Å². The van der Waals surface area contributed by atoms with E-state index in [0.29, 0.717) is 31.9 Å². The van der Waals surface area contributed by atoms with E-state index in [9.17, 15) is 13.2 Å². The summed E-state index contributed by atoms with van der Waals surface area (Å²) in [4.78, 5) is 22.4. The van der Waals surface area contributed by atoms with Gasteiger partial charge in [-0.15, -0.1) is 11.3 Å². The van der Waals surface area contributed by atoms with Crippen LogP contribution in [0.5, 0.6) is 0 Å². The van der Waals surface area contributed by atoms with Crippen LogP contribution in [0, 0.1) is 0 Å². The van der Waals surface area contributed by atoms with Gasteiger partial charge >= 0.3 is 0 Å². The summed E-state index contributed by atoms with van der Waals surface area (Å²) >= 11 is 1.72. The molecule has 33 heavy (non-hydrogen) atoms. The number of hydrogen-bond acceptors (Lipinski definition) is 6. The van der Waals surface area contributed by atoms with E-state index in [4.69, 9.17) is 4.98 Å². The Bertz CT molecular complexity index is 1240. The lowest BCUT2D eigenvalue weighted by atomic mass is 10.2. The number of thiazole rings is 1. The first-order valence-corrected chi connectivity index (χ1v) is 13.7. The van der Waals surface area contributed by atoms with Gasteiger partial charge in [-0.05, 0) is 38.0 Å². The van der Waals surface area contributed by atoms with Crippen LogP contribution >= 0.6 is 11.3 Å². The van der Waals surface area contributed by atoms with Crippen molar-refractivity contribution in [2.75, 3.05) is 39.3 Å². The van der Waals surface area contributed by atoms with Gasteiger partial charge in [0.1, 0.15) is 15.6 Å². The molecular formula is C23H29N5O3S2. The van der Waals surface area contributed by atoms with Gasteiger partial charge < -0.3 is 9.47 Å². The Morgan fingerprint density at radius 3 is 2.45 bits per heavy atom. The van der Waals surface area contributed by atoms with Crippen LogP contribution in [0.1, 0.15) is 41.3 Å². The molecule has 2 aliphatic rings. The summed E-state index contributed by atoms with van der Waals surface area (Å²) in [5.74, 6) is -0.118. The number of carbonyl (C=O) groups excluding carboxylic acids is 1. The van der Waals surface area contributed by atoms with Gasteiger partial charge in [-0.2, -0.15) is 4.31 Å². The van der Waals surface area contributed by atoms with E-state index in [1.54, 1.807) is 29.1 Å². The van der Waals surface area contributed by atoms with Crippen LogP contribution < -0.4 is 0 Å². The van der Waals surface area contributed by atoms with Gasteiger partial charge in [0.15, 0.2) is 0 Å². The first kappa shape index (κ1) is 22.5. The third kappa shape index (κ3) is 4.21. The largest absolute Gasteiger partial charge is 0.345 e. The van der Waals surface area contributed by atoms with E-state index in [-0.39, 0.29) is 16.8 Å². The first-order chi connectivity index (χ1) is 15.8. The van der Waals surface area contributed by atoms with Crippen molar-refractivity contribution in [3.8, 4) is 0 Å². The maximum absolute atomic E-state index is 13.2. The van der Waals surface area contributed by atoms with E-state index < -0.39 is 10.0 Å². The summed E-state index contributed by atoms with van der Waals surface area (Å²) in [6.07, 6.45) is 3.33. The Morgan fingerprint density at radius 1 is 1.06 bits per heavy atom. The second kappa shape index (κ2) is 8.83. The number of aromatic nitrogens is 2. The van der Waals surface area contributed by atoms with Gasteiger partial charge in [0.25, 0.3) is 5.91 Å². The monoisotopic (exact) mass is 487 g/mol. The standard InChI is InChI=1S/C23H29N5O3S2/c1-17(22-24-19-7-3-4-8-21(19)32-22)26-11-13-27(14-12-26)23(29)20-15-18(16-25(20)2)33(30,31)28-9-5-6-10-28/h3-4,7-8,15-17H,5-6,9-14H2,1-2H3/t17-/m1/s1. The molecule has 1 amide bonds. The molecule has 2 aliphatic heterocycles.